The summed E-state index contributed by atoms with van der Waals surface area (Å²) in [5.41, 5.74) is 0. The van der Waals surface area contributed by atoms with Crippen LogP contribution in [0.15, 0.2) is 17.0 Å². The van der Waals surface area contributed by atoms with Crippen molar-refractivity contribution in [2.45, 2.75) is 30.5 Å². The summed E-state index contributed by atoms with van der Waals surface area (Å²) in [6.45, 7) is 6.17. The van der Waals surface area contributed by atoms with Gasteiger partial charge in [0, 0.05) is 12.3 Å². The van der Waals surface area contributed by atoms with E-state index in [0.29, 0.717) is 11.6 Å². The minimum Gasteiger partial charge on any atom is -0.346 e. The molecule has 1 aromatic heterocycles. The van der Waals surface area contributed by atoms with E-state index in [2.05, 4.69) is 29.0 Å². The molecule has 0 spiro atoms. The minimum atomic E-state index is -0.178. The van der Waals surface area contributed by atoms with E-state index in [4.69, 9.17) is 0 Å². The van der Waals surface area contributed by atoms with E-state index in [1.165, 1.54) is 30.6 Å². The average Bonchev–Trinajstić information content (AvgIpc) is 2.80. The van der Waals surface area contributed by atoms with E-state index in [0.717, 1.165) is 10.1 Å². The molecule has 94 valence electrons. The molecule has 6 heteroatoms. The lowest BCUT2D eigenvalue weighted by atomic mass is 10.3. The van der Waals surface area contributed by atoms with E-state index >= 15 is 0 Å². The van der Waals surface area contributed by atoms with Gasteiger partial charge in [-0.2, -0.15) is 0 Å². The number of hydrogen-bond acceptors (Lipinski definition) is 5. The molecular weight excluding hydrogens is 254 g/mol. The van der Waals surface area contributed by atoms with Crippen LogP contribution >= 0.6 is 23.1 Å². The third-order valence-electron chi connectivity index (χ3n) is 1.98. The van der Waals surface area contributed by atoms with Gasteiger partial charge in [0.2, 0.25) is 5.01 Å². The lowest BCUT2D eigenvalue weighted by Gasteiger charge is -1.96. The van der Waals surface area contributed by atoms with Gasteiger partial charge in [-0.3, -0.25) is 4.79 Å². The first-order valence-corrected chi connectivity index (χ1v) is 7.43. The Kier molecular flexibility index (Phi) is 6.88. The van der Waals surface area contributed by atoms with Crippen LogP contribution < -0.4 is 5.32 Å². The van der Waals surface area contributed by atoms with Crippen molar-refractivity contribution in [2.75, 3.05) is 12.3 Å². The number of amides is 1. The zero-order valence-electron chi connectivity index (χ0n) is 9.94. The first-order chi connectivity index (χ1) is 8.27. The Hall–Kier alpha value is -0.880. The summed E-state index contributed by atoms with van der Waals surface area (Å²) in [5.74, 6) is 0.860. The monoisotopic (exact) mass is 271 g/mol. The van der Waals surface area contributed by atoms with Gasteiger partial charge >= 0.3 is 0 Å². The highest BCUT2D eigenvalue weighted by Gasteiger charge is 2.11. The van der Waals surface area contributed by atoms with Crippen molar-refractivity contribution < 1.29 is 4.79 Å². The predicted molar refractivity (Wildman–Crippen MR) is 72.7 cm³/mol. The van der Waals surface area contributed by atoms with Crippen molar-refractivity contribution in [3.8, 4) is 0 Å². The molecule has 1 heterocycles. The zero-order chi connectivity index (χ0) is 12.5. The number of carbonyl (C=O) groups excluding carboxylic acids is 1. The van der Waals surface area contributed by atoms with Gasteiger partial charge in [-0.15, -0.1) is 16.8 Å². The summed E-state index contributed by atoms with van der Waals surface area (Å²) in [4.78, 5) is 11.5. The third kappa shape index (κ3) is 5.32. The van der Waals surface area contributed by atoms with E-state index in [1.54, 1.807) is 17.8 Å². The molecule has 1 amide bonds. The number of aromatic nitrogens is 2. The number of hydrogen-bond donors (Lipinski definition) is 1. The maximum atomic E-state index is 11.5. The molecule has 0 unspecified atom stereocenters. The lowest BCUT2D eigenvalue weighted by Crippen LogP contribution is -2.22. The van der Waals surface area contributed by atoms with Gasteiger partial charge in [-0.1, -0.05) is 48.9 Å². The molecule has 1 N–H and O–H groups in total. The van der Waals surface area contributed by atoms with Crippen LogP contribution in [-0.4, -0.2) is 28.4 Å². The van der Waals surface area contributed by atoms with E-state index in [9.17, 15) is 4.79 Å². The van der Waals surface area contributed by atoms with Crippen molar-refractivity contribution in [3.05, 3.63) is 17.7 Å². The van der Waals surface area contributed by atoms with Crippen molar-refractivity contribution in [2.24, 2.45) is 0 Å². The van der Waals surface area contributed by atoms with Gasteiger partial charge in [0.1, 0.15) is 0 Å². The van der Waals surface area contributed by atoms with Crippen LogP contribution in [0.3, 0.4) is 0 Å². The molecule has 0 saturated carbocycles. The van der Waals surface area contributed by atoms with E-state index < -0.39 is 0 Å². The highest BCUT2D eigenvalue weighted by Crippen LogP contribution is 2.23. The highest BCUT2D eigenvalue weighted by molar-refractivity contribution is 8.01. The Bertz CT molecular complexity index is 365. The quantitative estimate of drug-likeness (QED) is 0.449. The van der Waals surface area contributed by atoms with Gasteiger partial charge in [-0.05, 0) is 6.42 Å². The molecule has 17 heavy (non-hydrogen) atoms. The van der Waals surface area contributed by atoms with Gasteiger partial charge in [0.15, 0.2) is 4.34 Å². The Morgan fingerprint density at radius 2 is 2.35 bits per heavy atom. The summed E-state index contributed by atoms with van der Waals surface area (Å²) in [6, 6.07) is 0. The second-order valence-electron chi connectivity index (χ2n) is 3.43. The van der Waals surface area contributed by atoms with Crippen LogP contribution in [0.4, 0.5) is 0 Å². The first kappa shape index (κ1) is 14.2. The highest BCUT2D eigenvalue weighted by atomic mass is 32.2. The van der Waals surface area contributed by atoms with Gasteiger partial charge < -0.3 is 5.32 Å². The SMILES string of the molecule is C=CCNC(=O)c1nnc(SCCCCC)s1. The number of unbranched alkanes of at least 4 members (excludes halogenated alkanes) is 2. The van der Waals surface area contributed by atoms with Gasteiger partial charge in [0.05, 0.1) is 0 Å². The Morgan fingerprint density at radius 3 is 3.06 bits per heavy atom. The Balaban J connectivity index is 2.36. The second kappa shape index (κ2) is 8.25. The van der Waals surface area contributed by atoms with E-state index in [-0.39, 0.29) is 5.91 Å². The molecule has 0 aliphatic heterocycles. The predicted octanol–water partition coefficient (Wildman–Crippen LogP) is 2.74. The minimum absolute atomic E-state index is 0.178. The van der Waals surface area contributed by atoms with Crippen LogP contribution in [0.1, 0.15) is 36.0 Å². The molecule has 0 atom stereocenters. The lowest BCUT2D eigenvalue weighted by molar-refractivity contribution is 0.0957. The topological polar surface area (TPSA) is 54.9 Å². The normalized spacial score (nSPS) is 10.2. The maximum Gasteiger partial charge on any atom is 0.282 e. The molecule has 0 fully saturated rings. The van der Waals surface area contributed by atoms with E-state index in [1.807, 2.05) is 0 Å². The van der Waals surface area contributed by atoms with Crippen molar-refractivity contribution in [1.29, 1.82) is 0 Å². The average molecular weight is 271 g/mol. The van der Waals surface area contributed by atoms with Crippen LogP contribution in [-0.2, 0) is 0 Å². The molecule has 0 radical (unpaired) electrons. The Labute approximate surface area is 110 Å². The van der Waals surface area contributed by atoms with Crippen LogP contribution in [0.25, 0.3) is 0 Å². The van der Waals surface area contributed by atoms with Crippen LogP contribution in [0, 0.1) is 0 Å². The smallest absolute Gasteiger partial charge is 0.282 e. The molecule has 0 aromatic carbocycles. The van der Waals surface area contributed by atoms with Crippen molar-refractivity contribution >= 4 is 29.0 Å². The van der Waals surface area contributed by atoms with Crippen LogP contribution in [0.5, 0.6) is 0 Å². The number of rotatable bonds is 8. The number of thioether (sulfide) groups is 1. The zero-order valence-corrected chi connectivity index (χ0v) is 11.6. The molecule has 1 rings (SSSR count). The summed E-state index contributed by atoms with van der Waals surface area (Å²) in [7, 11) is 0. The number of nitrogens with one attached hydrogen (secondary N) is 1. The second-order valence-corrected chi connectivity index (χ2v) is 5.75. The molecule has 4 nitrogen and oxygen atoms in total. The summed E-state index contributed by atoms with van der Waals surface area (Å²) < 4.78 is 0.866. The largest absolute Gasteiger partial charge is 0.346 e. The number of nitrogens with zero attached hydrogens (tertiary/aromatic N) is 2. The summed E-state index contributed by atoms with van der Waals surface area (Å²) in [6.07, 6.45) is 5.27. The fraction of sp³-hybridized carbons (Fsp3) is 0.545. The standard InChI is InChI=1S/C11H17N3OS2/c1-3-5-6-8-16-11-14-13-10(17-11)9(15)12-7-4-2/h4H,2-3,5-8H2,1H3,(H,12,15). The van der Waals surface area contributed by atoms with Gasteiger partial charge in [-0.25, -0.2) is 0 Å². The fourth-order valence-corrected chi connectivity index (χ4v) is 2.95. The molecule has 1 aromatic rings. The molecule has 0 aliphatic rings. The molecular formula is C11H17N3OS2. The fourth-order valence-electron chi connectivity index (χ4n) is 1.11. The Morgan fingerprint density at radius 1 is 1.53 bits per heavy atom. The molecule has 0 saturated heterocycles. The third-order valence-corrected chi connectivity index (χ3v) is 4.12. The molecule has 0 aliphatic carbocycles. The van der Waals surface area contributed by atoms with Crippen LogP contribution in [0.2, 0.25) is 0 Å². The van der Waals surface area contributed by atoms with Crippen molar-refractivity contribution in [3.63, 3.8) is 0 Å². The van der Waals surface area contributed by atoms with Gasteiger partial charge in [0.25, 0.3) is 5.91 Å². The first-order valence-electron chi connectivity index (χ1n) is 5.63. The summed E-state index contributed by atoms with van der Waals surface area (Å²) in [5, 5.41) is 11.0. The maximum absolute atomic E-state index is 11.5. The van der Waals surface area contributed by atoms with Crippen molar-refractivity contribution in [1.82, 2.24) is 15.5 Å². The number of carbonyl (C=O) groups is 1. The summed E-state index contributed by atoms with van der Waals surface area (Å²) >= 11 is 3.01. The molecule has 0 bridgehead atoms.